The van der Waals surface area contributed by atoms with E-state index in [4.69, 9.17) is 22.0 Å². The molecular formula is C13H7ClFN3O2. The van der Waals surface area contributed by atoms with Gasteiger partial charge < -0.3 is 10.4 Å². The van der Waals surface area contributed by atoms with Crippen LogP contribution in [0.4, 0.5) is 15.9 Å². The van der Waals surface area contributed by atoms with Crippen molar-refractivity contribution in [2.45, 2.75) is 0 Å². The number of nitrogens with one attached hydrogen (secondary N) is 1. The Morgan fingerprint density at radius 2 is 2.20 bits per heavy atom. The molecule has 100 valence electrons. The Balaban J connectivity index is 2.43. The Hall–Kier alpha value is -2.65. The first-order valence-electron chi connectivity index (χ1n) is 5.37. The van der Waals surface area contributed by atoms with Crippen LogP contribution < -0.4 is 5.32 Å². The van der Waals surface area contributed by atoms with Crippen LogP contribution in [0.2, 0.25) is 5.02 Å². The zero-order valence-electron chi connectivity index (χ0n) is 9.89. The maximum Gasteiger partial charge on any atom is 0.338 e. The van der Waals surface area contributed by atoms with E-state index in [0.717, 1.165) is 12.3 Å². The Morgan fingerprint density at radius 3 is 2.85 bits per heavy atom. The van der Waals surface area contributed by atoms with Crippen LogP contribution in [0, 0.1) is 17.1 Å². The third-order valence-corrected chi connectivity index (χ3v) is 2.80. The van der Waals surface area contributed by atoms with Crippen molar-refractivity contribution < 1.29 is 14.3 Å². The van der Waals surface area contributed by atoms with E-state index in [1.165, 1.54) is 18.2 Å². The number of rotatable bonds is 3. The fraction of sp³-hybridized carbons (Fsp3) is 0. The van der Waals surface area contributed by atoms with Crippen molar-refractivity contribution in [2.75, 3.05) is 5.32 Å². The SMILES string of the molecule is N#Cc1ccc(Cl)c(Nc2nccc(C(=O)O)c2F)c1. The summed E-state index contributed by atoms with van der Waals surface area (Å²) in [6.45, 7) is 0. The van der Waals surface area contributed by atoms with Crippen LogP contribution >= 0.6 is 11.6 Å². The van der Waals surface area contributed by atoms with E-state index in [-0.39, 0.29) is 16.5 Å². The van der Waals surface area contributed by atoms with Crippen molar-refractivity contribution in [1.82, 2.24) is 4.98 Å². The van der Waals surface area contributed by atoms with E-state index in [0.29, 0.717) is 5.56 Å². The molecule has 1 aromatic heterocycles. The second kappa shape index (κ2) is 5.55. The van der Waals surface area contributed by atoms with E-state index in [1.54, 1.807) is 0 Å². The summed E-state index contributed by atoms with van der Waals surface area (Å²) in [6.07, 6.45) is 1.16. The first-order valence-corrected chi connectivity index (χ1v) is 5.75. The van der Waals surface area contributed by atoms with E-state index in [1.807, 2.05) is 6.07 Å². The molecule has 0 aliphatic heterocycles. The third kappa shape index (κ3) is 2.68. The molecule has 0 atom stereocenters. The minimum absolute atomic E-state index is 0.255. The maximum atomic E-state index is 13.9. The molecule has 0 radical (unpaired) electrons. The lowest BCUT2D eigenvalue weighted by atomic mass is 10.2. The second-order valence-electron chi connectivity index (χ2n) is 3.76. The highest BCUT2D eigenvalue weighted by Crippen LogP contribution is 2.27. The summed E-state index contributed by atoms with van der Waals surface area (Å²) in [5.74, 6) is -2.68. The summed E-state index contributed by atoms with van der Waals surface area (Å²) in [6, 6.07) is 7.36. The molecular weight excluding hydrogens is 285 g/mol. The highest BCUT2D eigenvalue weighted by Gasteiger charge is 2.16. The standard InChI is InChI=1S/C13H7ClFN3O2/c14-9-2-1-7(6-16)5-10(9)18-12-11(15)8(13(19)20)3-4-17-12/h1-5H,(H,17,18)(H,19,20). The molecule has 1 aromatic carbocycles. The lowest BCUT2D eigenvalue weighted by molar-refractivity contribution is 0.0692. The summed E-state index contributed by atoms with van der Waals surface area (Å²) >= 11 is 5.92. The quantitative estimate of drug-likeness (QED) is 0.907. The number of nitrogens with zero attached hydrogens (tertiary/aromatic N) is 2. The minimum atomic E-state index is -1.40. The van der Waals surface area contributed by atoms with Gasteiger partial charge in [-0.05, 0) is 24.3 Å². The molecule has 2 N–H and O–H groups in total. The van der Waals surface area contributed by atoms with Gasteiger partial charge in [0.25, 0.3) is 0 Å². The van der Waals surface area contributed by atoms with Gasteiger partial charge in [0.1, 0.15) is 5.56 Å². The first-order chi connectivity index (χ1) is 9.52. The van der Waals surface area contributed by atoms with E-state index < -0.39 is 17.3 Å². The predicted molar refractivity (Wildman–Crippen MR) is 70.6 cm³/mol. The Morgan fingerprint density at radius 1 is 1.45 bits per heavy atom. The normalized spacial score (nSPS) is 9.85. The molecule has 0 unspecified atom stereocenters. The van der Waals surface area contributed by atoms with Gasteiger partial charge in [0, 0.05) is 6.20 Å². The predicted octanol–water partition coefficient (Wildman–Crippen LogP) is 3.19. The van der Waals surface area contributed by atoms with Gasteiger partial charge in [-0.3, -0.25) is 0 Å². The molecule has 20 heavy (non-hydrogen) atoms. The maximum absolute atomic E-state index is 13.9. The highest BCUT2D eigenvalue weighted by molar-refractivity contribution is 6.33. The number of halogens is 2. The van der Waals surface area contributed by atoms with Gasteiger partial charge >= 0.3 is 5.97 Å². The first kappa shape index (κ1) is 13.8. The number of aromatic nitrogens is 1. The van der Waals surface area contributed by atoms with Gasteiger partial charge in [-0.1, -0.05) is 11.6 Å². The molecule has 0 amide bonds. The molecule has 0 spiro atoms. The molecule has 0 saturated heterocycles. The molecule has 0 fully saturated rings. The number of anilines is 2. The van der Waals surface area contributed by atoms with Crippen LogP contribution in [0.3, 0.4) is 0 Å². The van der Waals surface area contributed by atoms with Crippen LogP contribution in [-0.2, 0) is 0 Å². The molecule has 2 aromatic rings. The van der Waals surface area contributed by atoms with Gasteiger partial charge in [0.15, 0.2) is 11.6 Å². The van der Waals surface area contributed by atoms with E-state index in [2.05, 4.69) is 10.3 Å². The largest absolute Gasteiger partial charge is 0.478 e. The summed E-state index contributed by atoms with van der Waals surface area (Å²) in [4.78, 5) is 14.6. The number of carboxylic acids is 1. The Kier molecular flexibility index (Phi) is 3.82. The molecule has 1 heterocycles. The number of benzene rings is 1. The van der Waals surface area contributed by atoms with Gasteiger partial charge in [0.05, 0.1) is 22.3 Å². The molecule has 7 heteroatoms. The Labute approximate surface area is 118 Å². The average molecular weight is 292 g/mol. The van der Waals surface area contributed by atoms with Crippen molar-refractivity contribution in [3.05, 3.63) is 52.4 Å². The number of carboxylic acid groups (broad SMARTS) is 1. The highest BCUT2D eigenvalue weighted by atomic mass is 35.5. The Bertz CT molecular complexity index is 728. The zero-order valence-corrected chi connectivity index (χ0v) is 10.6. The lowest BCUT2D eigenvalue weighted by Gasteiger charge is -2.09. The van der Waals surface area contributed by atoms with Crippen LogP contribution in [-0.4, -0.2) is 16.1 Å². The summed E-state index contributed by atoms with van der Waals surface area (Å²) in [7, 11) is 0. The number of pyridine rings is 1. The molecule has 0 saturated carbocycles. The van der Waals surface area contributed by atoms with Gasteiger partial charge in [0.2, 0.25) is 0 Å². The molecule has 0 aliphatic rings. The smallest absolute Gasteiger partial charge is 0.338 e. The van der Waals surface area contributed by atoms with Crippen molar-refractivity contribution in [2.24, 2.45) is 0 Å². The topological polar surface area (TPSA) is 86.0 Å². The molecule has 5 nitrogen and oxygen atoms in total. The van der Waals surface area contributed by atoms with E-state index in [9.17, 15) is 9.18 Å². The van der Waals surface area contributed by atoms with Crippen molar-refractivity contribution >= 4 is 29.1 Å². The summed E-state index contributed by atoms with van der Waals surface area (Å²) < 4.78 is 13.9. The number of carbonyl (C=O) groups is 1. The number of hydrogen-bond acceptors (Lipinski definition) is 4. The second-order valence-corrected chi connectivity index (χ2v) is 4.16. The van der Waals surface area contributed by atoms with Crippen molar-refractivity contribution in [1.29, 1.82) is 5.26 Å². The number of nitriles is 1. The molecule has 2 rings (SSSR count). The van der Waals surface area contributed by atoms with Crippen molar-refractivity contribution in [3.63, 3.8) is 0 Å². The summed E-state index contributed by atoms with van der Waals surface area (Å²) in [5.41, 5.74) is 0.0846. The van der Waals surface area contributed by atoms with Crippen LogP contribution in [0.15, 0.2) is 30.5 Å². The van der Waals surface area contributed by atoms with Crippen LogP contribution in [0.25, 0.3) is 0 Å². The van der Waals surface area contributed by atoms with Crippen LogP contribution in [0.1, 0.15) is 15.9 Å². The van der Waals surface area contributed by atoms with E-state index >= 15 is 0 Å². The fourth-order valence-electron chi connectivity index (χ4n) is 1.51. The molecule has 0 bridgehead atoms. The number of aromatic carboxylic acids is 1. The van der Waals surface area contributed by atoms with Crippen LogP contribution in [0.5, 0.6) is 0 Å². The lowest BCUT2D eigenvalue weighted by Crippen LogP contribution is -2.05. The molecule has 0 aliphatic carbocycles. The van der Waals surface area contributed by atoms with Gasteiger partial charge in [-0.2, -0.15) is 5.26 Å². The van der Waals surface area contributed by atoms with Gasteiger partial charge in [-0.25, -0.2) is 14.2 Å². The average Bonchev–Trinajstić information content (AvgIpc) is 2.43. The monoisotopic (exact) mass is 291 g/mol. The third-order valence-electron chi connectivity index (χ3n) is 2.47. The minimum Gasteiger partial charge on any atom is -0.478 e. The van der Waals surface area contributed by atoms with Crippen molar-refractivity contribution in [3.8, 4) is 6.07 Å². The van der Waals surface area contributed by atoms with Gasteiger partial charge in [-0.15, -0.1) is 0 Å². The zero-order chi connectivity index (χ0) is 14.7. The summed E-state index contributed by atoms with van der Waals surface area (Å²) in [5, 5.41) is 20.5. The fourth-order valence-corrected chi connectivity index (χ4v) is 1.68. The number of hydrogen-bond donors (Lipinski definition) is 2.